The number of piperidine rings is 2. The number of carbonyl (C=O) groups is 2. The van der Waals surface area contributed by atoms with Crippen molar-refractivity contribution in [2.75, 3.05) is 26.2 Å². The van der Waals surface area contributed by atoms with Crippen molar-refractivity contribution in [1.82, 2.24) is 14.5 Å². The number of likely N-dealkylation sites (tertiary alicyclic amines) is 1. The molecule has 7 nitrogen and oxygen atoms in total. The molecular weight excluding hydrogens is 426 g/mol. The molecule has 8 heteroatoms. The van der Waals surface area contributed by atoms with Crippen molar-refractivity contribution in [2.45, 2.75) is 64.8 Å². The van der Waals surface area contributed by atoms with Gasteiger partial charge in [0.05, 0.1) is 4.90 Å². The van der Waals surface area contributed by atoms with E-state index in [-0.39, 0.29) is 22.8 Å². The fraction of sp³-hybridized carbons (Fsp3) is 0.667. The van der Waals surface area contributed by atoms with Crippen LogP contribution in [-0.4, -0.2) is 61.7 Å². The van der Waals surface area contributed by atoms with Gasteiger partial charge in [-0.2, -0.15) is 4.31 Å². The first kappa shape index (κ1) is 24.7. The minimum absolute atomic E-state index is 0.0319. The smallest absolute Gasteiger partial charge is 0.251 e. The number of carbonyl (C=O) groups excluding carboxylic acids is 2. The second kappa shape index (κ2) is 9.51. The third-order valence-electron chi connectivity index (χ3n) is 6.33. The fourth-order valence-electron chi connectivity index (χ4n) is 4.72. The van der Waals surface area contributed by atoms with Crippen LogP contribution in [0.2, 0.25) is 0 Å². The molecule has 1 N–H and O–H groups in total. The molecule has 1 aromatic carbocycles. The van der Waals surface area contributed by atoms with E-state index in [4.69, 9.17) is 0 Å². The zero-order valence-electron chi connectivity index (χ0n) is 19.9. The molecule has 0 bridgehead atoms. The molecule has 0 saturated carbocycles. The van der Waals surface area contributed by atoms with Crippen LogP contribution in [0.25, 0.3) is 0 Å². The van der Waals surface area contributed by atoms with Crippen LogP contribution in [-0.2, 0) is 14.8 Å². The standard InChI is InChI=1S/C24H37N3O4S/c1-17-13-18(2)16-27(15-17)32(30,31)21-8-6-7-19(14-21)22(28)25-20-9-11-26(12-10-20)23(29)24(3,4)5/h6-8,14,17-18,20H,9-13,15-16H2,1-5H3,(H,25,28). The molecule has 2 unspecified atom stereocenters. The predicted octanol–water partition coefficient (Wildman–Crippen LogP) is 3.12. The van der Waals surface area contributed by atoms with Crippen LogP contribution < -0.4 is 5.32 Å². The van der Waals surface area contributed by atoms with Gasteiger partial charge in [0.25, 0.3) is 5.91 Å². The molecule has 2 saturated heterocycles. The van der Waals surface area contributed by atoms with Gasteiger partial charge >= 0.3 is 0 Å². The zero-order valence-corrected chi connectivity index (χ0v) is 20.7. The van der Waals surface area contributed by atoms with Gasteiger partial charge in [-0.3, -0.25) is 9.59 Å². The van der Waals surface area contributed by atoms with Crippen LogP contribution in [0.5, 0.6) is 0 Å². The van der Waals surface area contributed by atoms with Crippen LogP contribution in [0.3, 0.4) is 0 Å². The summed E-state index contributed by atoms with van der Waals surface area (Å²) in [6.07, 6.45) is 2.40. The number of hydrogen-bond donors (Lipinski definition) is 1. The average molecular weight is 464 g/mol. The molecule has 2 heterocycles. The first-order valence-corrected chi connectivity index (χ1v) is 13.0. The van der Waals surface area contributed by atoms with E-state index in [2.05, 4.69) is 19.2 Å². The molecule has 0 aromatic heterocycles. The highest BCUT2D eigenvalue weighted by Gasteiger charge is 2.33. The van der Waals surface area contributed by atoms with Crippen LogP contribution >= 0.6 is 0 Å². The number of nitrogens with one attached hydrogen (secondary N) is 1. The molecule has 2 amide bonds. The van der Waals surface area contributed by atoms with Crippen molar-refractivity contribution in [2.24, 2.45) is 17.3 Å². The van der Waals surface area contributed by atoms with Gasteiger partial charge in [0, 0.05) is 43.2 Å². The van der Waals surface area contributed by atoms with Gasteiger partial charge in [0.15, 0.2) is 0 Å². The maximum absolute atomic E-state index is 13.2. The summed E-state index contributed by atoms with van der Waals surface area (Å²) in [5.74, 6) is 0.483. The van der Waals surface area contributed by atoms with Crippen LogP contribution in [0.1, 0.15) is 64.2 Å². The molecule has 2 fully saturated rings. The van der Waals surface area contributed by atoms with Gasteiger partial charge in [-0.25, -0.2) is 8.42 Å². The Morgan fingerprint density at radius 2 is 1.62 bits per heavy atom. The number of amides is 2. The van der Waals surface area contributed by atoms with E-state index in [9.17, 15) is 18.0 Å². The predicted molar refractivity (Wildman–Crippen MR) is 125 cm³/mol. The Morgan fingerprint density at radius 1 is 1.03 bits per heavy atom. The Hall–Kier alpha value is -1.93. The third-order valence-corrected chi connectivity index (χ3v) is 8.16. The maximum atomic E-state index is 13.2. The summed E-state index contributed by atoms with van der Waals surface area (Å²) in [4.78, 5) is 27.3. The van der Waals surface area contributed by atoms with Crippen LogP contribution in [0.4, 0.5) is 0 Å². The lowest BCUT2D eigenvalue weighted by atomic mass is 9.93. The Morgan fingerprint density at radius 3 is 2.19 bits per heavy atom. The summed E-state index contributed by atoms with van der Waals surface area (Å²) < 4.78 is 27.9. The zero-order chi connectivity index (χ0) is 23.7. The highest BCUT2D eigenvalue weighted by atomic mass is 32.2. The minimum Gasteiger partial charge on any atom is -0.349 e. The quantitative estimate of drug-likeness (QED) is 0.743. The van der Waals surface area contributed by atoms with Gasteiger partial charge in [-0.15, -0.1) is 0 Å². The van der Waals surface area contributed by atoms with Crippen molar-refractivity contribution < 1.29 is 18.0 Å². The fourth-order valence-corrected chi connectivity index (χ4v) is 6.44. The molecule has 178 valence electrons. The van der Waals surface area contributed by atoms with E-state index in [0.717, 1.165) is 6.42 Å². The Bertz CT molecular complexity index is 936. The van der Waals surface area contributed by atoms with Gasteiger partial charge < -0.3 is 10.2 Å². The van der Waals surface area contributed by atoms with Crippen LogP contribution in [0.15, 0.2) is 29.2 Å². The largest absolute Gasteiger partial charge is 0.349 e. The summed E-state index contributed by atoms with van der Waals surface area (Å²) in [6.45, 7) is 12.1. The monoisotopic (exact) mass is 463 g/mol. The van der Waals surface area contributed by atoms with Crippen LogP contribution in [0, 0.1) is 17.3 Å². The highest BCUT2D eigenvalue weighted by molar-refractivity contribution is 7.89. The number of nitrogens with zero attached hydrogens (tertiary/aromatic N) is 2. The molecular formula is C24H37N3O4S. The molecule has 2 aliphatic heterocycles. The Balaban J connectivity index is 1.64. The van der Waals surface area contributed by atoms with Crippen molar-refractivity contribution in [1.29, 1.82) is 0 Å². The summed E-state index contributed by atoms with van der Waals surface area (Å²) >= 11 is 0. The van der Waals surface area contributed by atoms with E-state index in [1.807, 2.05) is 25.7 Å². The second-order valence-electron chi connectivity index (χ2n) is 10.6. The lowest BCUT2D eigenvalue weighted by molar-refractivity contribution is -0.140. The van der Waals surface area contributed by atoms with Gasteiger partial charge in [0.1, 0.15) is 0 Å². The molecule has 3 rings (SSSR count). The summed E-state index contributed by atoms with van der Waals surface area (Å²) in [5.41, 5.74) is -0.0660. The lowest BCUT2D eigenvalue weighted by Crippen LogP contribution is -2.49. The lowest BCUT2D eigenvalue weighted by Gasteiger charge is -2.36. The average Bonchev–Trinajstić information content (AvgIpc) is 2.72. The van der Waals surface area contributed by atoms with E-state index in [0.29, 0.717) is 56.4 Å². The van der Waals surface area contributed by atoms with Crippen molar-refractivity contribution in [3.8, 4) is 0 Å². The normalized spacial score (nSPS) is 23.7. The summed E-state index contributed by atoms with van der Waals surface area (Å²) in [5, 5.41) is 3.02. The van der Waals surface area contributed by atoms with Crippen molar-refractivity contribution in [3.05, 3.63) is 29.8 Å². The maximum Gasteiger partial charge on any atom is 0.251 e. The van der Waals surface area contributed by atoms with Gasteiger partial charge in [-0.05, 0) is 49.3 Å². The summed E-state index contributed by atoms with van der Waals surface area (Å²) in [6, 6.07) is 6.28. The molecule has 2 aliphatic rings. The Kier molecular flexibility index (Phi) is 7.34. The first-order chi connectivity index (χ1) is 14.9. The number of sulfonamides is 1. The van der Waals surface area contributed by atoms with E-state index in [1.165, 1.54) is 6.07 Å². The molecule has 2 atom stereocenters. The number of benzene rings is 1. The third kappa shape index (κ3) is 5.70. The Labute approximate surface area is 192 Å². The molecule has 0 spiro atoms. The van der Waals surface area contributed by atoms with E-state index in [1.54, 1.807) is 22.5 Å². The summed E-state index contributed by atoms with van der Waals surface area (Å²) in [7, 11) is -3.64. The van der Waals surface area contributed by atoms with Crippen molar-refractivity contribution >= 4 is 21.8 Å². The van der Waals surface area contributed by atoms with E-state index >= 15 is 0 Å². The topological polar surface area (TPSA) is 86.8 Å². The van der Waals surface area contributed by atoms with E-state index < -0.39 is 15.4 Å². The van der Waals surface area contributed by atoms with Gasteiger partial charge in [0.2, 0.25) is 15.9 Å². The number of hydrogen-bond acceptors (Lipinski definition) is 4. The number of rotatable bonds is 4. The molecule has 1 aromatic rings. The minimum atomic E-state index is -3.64. The second-order valence-corrected chi connectivity index (χ2v) is 12.5. The SMILES string of the molecule is CC1CC(C)CN(S(=O)(=O)c2cccc(C(=O)NC3CCN(C(=O)C(C)(C)C)CC3)c2)C1. The van der Waals surface area contributed by atoms with Gasteiger partial charge in [-0.1, -0.05) is 40.7 Å². The molecule has 32 heavy (non-hydrogen) atoms. The van der Waals surface area contributed by atoms with Crippen molar-refractivity contribution in [3.63, 3.8) is 0 Å². The highest BCUT2D eigenvalue weighted by Crippen LogP contribution is 2.27. The molecule has 0 aliphatic carbocycles. The molecule has 0 radical (unpaired) electrons. The first-order valence-electron chi connectivity index (χ1n) is 11.6.